The van der Waals surface area contributed by atoms with Crippen molar-refractivity contribution in [3.05, 3.63) is 23.4 Å². The summed E-state index contributed by atoms with van der Waals surface area (Å²) in [5.41, 5.74) is 8.14. The molecule has 0 saturated heterocycles. The molecule has 4 nitrogen and oxygen atoms in total. The third-order valence-electron chi connectivity index (χ3n) is 2.93. The number of pyridine rings is 1. The molecule has 102 valence electrons. The lowest BCUT2D eigenvalue weighted by Crippen LogP contribution is -2.33. The zero-order valence-corrected chi connectivity index (χ0v) is 11.9. The molecule has 0 radical (unpaired) electrons. The number of nitrogen functional groups attached to an aromatic ring is 1. The summed E-state index contributed by atoms with van der Waals surface area (Å²) in [6.45, 7) is 9.88. The van der Waals surface area contributed by atoms with E-state index in [4.69, 9.17) is 10.5 Å². The Labute approximate surface area is 110 Å². The van der Waals surface area contributed by atoms with E-state index in [2.05, 4.69) is 30.2 Å². The molecule has 0 aromatic carbocycles. The molecular weight excluding hydrogens is 226 g/mol. The molecule has 4 heteroatoms. The van der Waals surface area contributed by atoms with Crippen LogP contribution in [0, 0.1) is 6.92 Å². The van der Waals surface area contributed by atoms with Gasteiger partial charge in [-0.1, -0.05) is 6.92 Å². The second kappa shape index (κ2) is 7.34. The molecule has 0 spiro atoms. The number of rotatable bonds is 7. The van der Waals surface area contributed by atoms with Gasteiger partial charge < -0.3 is 15.8 Å². The van der Waals surface area contributed by atoms with E-state index in [1.54, 1.807) is 6.20 Å². The van der Waals surface area contributed by atoms with Gasteiger partial charge in [0.05, 0.1) is 12.1 Å². The Morgan fingerprint density at radius 1 is 1.44 bits per heavy atom. The van der Waals surface area contributed by atoms with Gasteiger partial charge >= 0.3 is 0 Å². The van der Waals surface area contributed by atoms with Crippen molar-refractivity contribution in [2.45, 2.75) is 46.3 Å². The molecule has 0 bridgehead atoms. The first kappa shape index (κ1) is 14.9. The van der Waals surface area contributed by atoms with E-state index in [1.807, 2.05) is 13.8 Å². The summed E-state index contributed by atoms with van der Waals surface area (Å²) in [5, 5.41) is 3.49. The first-order valence-corrected chi connectivity index (χ1v) is 6.67. The van der Waals surface area contributed by atoms with E-state index in [0.717, 1.165) is 24.1 Å². The Morgan fingerprint density at radius 3 is 2.78 bits per heavy atom. The van der Waals surface area contributed by atoms with Gasteiger partial charge in [-0.25, -0.2) is 4.98 Å². The van der Waals surface area contributed by atoms with Crippen molar-refractivity contribution < 1.29 is 4.74 Å². The van der Waals surface area contributed by atoms with Crippen molar-refractivity contribution in [3.63, 3.8) is 0 Å². The first-order chi connectivity index (χ1) is 8.60. The number of ether oxygens (including phenoxy) is 1. The van der Waals surface area contributed by atoms with Crippen LogP contribution in [-0.4, -0.2) is 24.2 Å². The van der Waals surface area contributed by atoms with Gasteiger partial charge in [0.25, 0.3) is 0 Å². The minimum Gasteiger partial charge on any atom is -0.383 e. The van der Waals surface area contributed by atoms with E-state index in [-0.39, 0.29) is 12.1 Å². The Hall–Kier alpha value is -1.13. The Balaban J connectivity index is 2.96. The highest BCUT2D eigenvalue weighted by atomic mass is 16.5. The number of anilines is 1. The smallest absolute Gasteiger partial charge is 0.128 e. The van der Waals surface area contributed by atoms with Crippen LogP contribution < -0.4 is 11.1 Å². The molecule has 1 rings (SSSR count). The van der Waals surface area contributed by atoms with Crippen LogP contribution in [0.4, 0.5) is 5.82 Å². The van der Waals surface area contributed by atoms with Crippen LogP contribution >= 0.6 is 0 Å². The normalized spacial score (nSPS) is 14.4. The van der Waals surface area contributed by atoms with Crippen LogP contribution in [0.5, 0.6) is 0 Å². The van der Waals surface area contributed by atoms with Crippen molar-refractivity contribution in [1.29, 1.82) is 0 Å². The van der Waals surface area contributed by atoms with Crippen molar-refractivity contribution >= 4 is 5.82 Å². The maximum Gasteiger partial charge on any atom is 0.128 e. The van der Waals surface area contributed by atoms with Crippen LogP contribution in [0.2, 0.25) is 0 Å². The number of nitrogens with one attached hydrogen (secondary N) is 1. The molecule has 3 N–H and O–H groups in total. The zero-order chi connectivity index (χ0) is 13.5. The maximum atomic E-state index is 5.99. The van der Waals surface area contributed by atoms with E-state index in [9.17, 15) is 0 Å². The quantitative estimate of drug-likeness (QED) is 0.781. The minimum absolute atomic E-state index is 0.0763. The molecule has 1 aromatic rings. The first-order valence-electron chi connectivity index (χ1n) is 6.67. The Morgan fingerprint density at radius 2 is 2.17 bits per heavy atom. The van der Waals surface area contributed by atoms with Gasteiger partial charge in [0.1, 0.15) is 5.82 Å². The lowest BCUT2D eigenvalue weighted by atomic mass is 10.0. The molecule has 2 atom stereocenters. The van der Waals surface area contributed by atoms with Crippen LogP contribution in [-0.2, 0) is 4.74 Å². The predicted molar refractivity (Wildman–Crippen MR) is 75.5 cm³/mol. The van der Waals surface area contributed by atoms with Gasteiger partial charge in [0.2, 0.25) is 0 Å². The second-order valence-corrected chi connectivity index (χ2v) is 4.58. The fourth-order valence-electron chi connectivity index (χ4n) is 2.04. The van der Waals surface area contributed by atoms with Crippen molar-refractivity contribution in [1.82, 2.24) is 10.3 Å². The topological polar surface area (TPSA) is 60.2 Å². The molecule has 18 heavy (non-hydrogen) atoms. The lowest BCUT2D eigenvalue weighted by Gasteiger charge is -2.26. The minimum atomic E-state index is 0.0763. The fourth-order valence-corrected chi connectivity index (χ4v) is 2.04. The fraction of sp³-hybridized carbons (Fsp3) is 0.643. The van der Waals surface area contributed by atoms with Crippen LogP contribution in [0.25, 0.3) is 0 Å². The van der Waals surface area contributed by atoms with Crippen molar-refractivity contribution in [2.24, 2.45) is 0 Å². The molecule has 0 aliphatic carbocycles. The second-order valence-electron chi connectivity index (χ2n) is 4.58. The average Bonchev–Trinajstić information content (AvgIpc) is 2.34. The Kier molecular flexibility index (Phi) is 6.09. The molecule has 0 aliphatic heterocycles. The zero-order valence-electron chi connectivity index (χ0n) is 11.9. The van der Waals surface area contributed by atoms with Crippen LogP contribution in [0.1, 0.15) is 44.4 Å². The summed E-state index contributed by atoms with van der Waals surface area (Å²) in [5.74, 6) is 0.584. The molecular formula is C14H25N3O. The highest BCUT2D eigenvalue weighted by Gasteiger charge is 2.21. The number of hydrogen-bond acceptors (Lipinski definition) is 4. The summed E-state index contributed by atoms with van der Waals surface area (Å²) >= 11 is 0. The third kappa shape index (κ3) is 3.96. The van der Waals surface area contributed by atoms with Crippen LogP contribution in [0.3, 0.4) is 0 Å². The number of aromatic nitrogens is 1. The maximum absolute atomic E-state index is 5.99. The summed E-state index contributed by atoms with van der Waals surface area (Å²) in [4.78, 5) is 4.23. The standard InChI is InChI=1S/C14H25N3O/c1-5-7-16-13(11(4)18-6-2)12-8-10(3)9-17-14(12)15/h8-9,11,13,16H,5-7H2,1-4H3,(H2,15,17). The van der Waals surface area contributed by atoms with Gasteiger partial charge in [-0.2, -0.15) is 0 Å². The molecule has 1 aromatic heterocycles. The molecule has 1 heterocycles. The average molecular weight is 251 g/mol. The SMILES string of the molecule is CCCNC(c1cc(C)cnc1N)C(C)OCC. The van der Waals surface area contributed by atoms with Gasteiger partial charge in [0.15, 0.2) is 0 Å². The third-order valence-corrected chi connectivity index (χ3v) is 2.93. The molecule has 0 saturated carbocycles. The highest BCUT2D eigenvalue weighted by Crippen LogP contribution is 2.24. The van der Waals surface area contributed by atoms with Gasteiger partial charge in [-0.3, -0.25) is 0 Å². The van der Waals surface area contributed by atoms with E-state index >= 15 is 0 Å². The van der Waals surface area contributed by atoms with E-state index in [0.29, 0.717) is 12.4 Å². The number of aryl methyl sites for hydroxylation is 1. The summed E-state index contributed by atoms with van der Waals surface area (Å²) in [6, 6.07) is 2.18. The highest BCUT2D eigenvalue weighted by molar-refractivity contribution is 5.43. The van der Waals surface area contributed by atoms with Crippen molar-refractivity contribution in [2.75, 3.05) is 18.9 Å². The largest absolute Gasteiger partial charge is 0.383 e. The van der Waals surface area contributed by atoms with Gasteiger partial charge in [0, 0.05) is 18.4 Å². The molecule has 0 amide bonds. The predicted octanol–water partition coefficient (Wildman–Crippen LogP) is 2.44. The summed E-state index contributed by atoms with van der Waals surface area (Å²) in [6.07, 6.45) is 2.95. The van der Waals surface area contributed by atoms with Crippen LogP contribution in [0.15, 0.2) is 12.3 Å². The molecule has 0 fully saturated rings. The monoisotopic (exact) mass is 251 g/mol. The number of nitrogens with two attached hydrogens (primary N) is 1. The molecule has 2 unspecified atom stereocenters. The molecule has 0 aliphatic rings. The van der Waals surface area contributed by atoms with Gasteiger partial charge in [-0.05, 0) is 45.4 Å². The lowest BCUT2D eigenvalue weighted by molar-refractivity contribution is 0.0473. The van der Waals surface area contributed by atoms with E-state index in [1.165, 1.54) is 0 Å². The number of nitrogens with zero attached hydrogens (tertiary/aromatic N) is 1. The summed E-state index contributed by atoms with van der Waals surface area (Å²) in [7, 11) is 0. The van der Waals surface area contributed by atoms with Gasteiger partial charge in [-0.15, -0.1) is 0 Å². The Bertz CT molecular complexity index is 368. The van der Waals surface area contributed by atoms with E-state index < -0.39 is 0 Å². The number of hydrogen-bond donors (Lipinski definition) is 2. The van der Waals surface area contributed by atoms with Crippen molar-refractivity contribution in [3.8, 4) is 0 Å². The summed E-state index contributed by atoms with van der Waals surface area (Å²) < 4.78 is 5.70.